The lowest BCUT2D eigenvalue weighted by atomic mass is 9.75. The van der Waals surface area contributed by atoms with Gasteiger partial charge in [-0.2, -0.15) is 0 Å². The van der Waals surface area contributed by atoms with E-state index in [-0.39, 0.29) is 12.1 Å². The van der Waals surface area contributed by atoms with Gasteiger partial charge in [0, 0.05) is 30.9 Å². The van der Waals surface area contributed by atoms with Gasteiger partial charge < -0.3 is 14.6 Å². The number of benzene rings is 1. The van der Waals surface area contributed by atoms with Crippen molar-refractivity contribution in [3.63, 3.8) is 0 Å². The van der Waals surface area contributed by atoms with Gasteiger partial charge in [-0.15, -0.1) is 0 Å². The summed E-state index contributed by atoms with van der Waals surface area (Å²) in [5.41, 5.74) is -0.491. The van der Waals surface area contributed by atoms with E-state index in [0.717, 1.165) is 0 Å². The van der Waals surface area contributed by atoms with Crippen molar-refractivity contribution in [2.75, 3.05) is 20.3 Å². The minimum Gasteiger partial charge on any atom is -0.496 e. The molecule has 0 atom stereocenters. The molecule has 1 aromatic carbocycles. The van der Waals surface area contributed by atoms with Crippen LogP contribution in [0.2, 0.25) is 0 Å². The van der Waals surface area contributed by atoms with Crippen LogP contribution < -0.4 is 4.74 Å². The maximum Gasteiger partial charge on any atom is 0.310 e. The SMILES string of the molecule is COc1ccc([N+](=O)[O-])cc1CC1(C(=O)O)CCOCC1. The summed E-state index contributed by atoms with van der Waals surface area (Å²) in [4.78, 5) is 22.1. The van der Waals surface area contributed by atoms with Gasteiger partial charge in [-0.25, -0.2) is 0 Å². The van der Waals surface area contributed by atoms with E-state index < -0.39 is 16.3 Å². The third-order valence-corrected chi connectivity index (χ3v) is 3.91. The number of ether oxygens (including phenoxy) is 2. The van der Waals surface area contributed by atoms with Crippen LogP contribution in [0.4, 0.5) is 5.69 Å². The summed E-state index contributed by atoms with van der Waals surface area (Å²) >= 11 is 0. The van der Waals surface area contributed by atoms with Gasteiger partial charge in [0.05, 0.1) is 17.4 Å². The van der Waals surface area contributed by atoms with E-state index in [1.54, 1.807) is 0 Å². The van der Waals surface area contributed by atoms with Gasteiger partial charge in [0.1, 0.15) is 5.75 Å². The van der Waals surface area contributed by atoms with Crippen LogP contribution in [0, 0.1) is 15.5 Å². The molecule has 0 radical (unpaired) electrons. The van der Waals surface area contributed by atoms with Crippen LogP contribution >= 0.6 is 0 Å². The zero-order chi connectivity index (χ0) is 15.5. The van der Waals surface area contributed by atoms with Gasteiger partial charge >= 0.3 is 5.97 Å². The summed E-state index contributed by atoms with van der Waals surface area (Å²) in [6.07, 6.45) is 0.957. The molecule has 1 heterocycles. The second kappa shape index (κ2) is 6.09. The third kappa shape index (κ3) is 3.13. The van der Waals surface area contributed by atoms with Crippen LogP contribution in [0.25, 0.3) is 0 Å². The average molecular weight is 295 g/mol. The van der Waals surface area contributed by atoms with Crippen molar-refractivity contribution in [2.45, 2.75) is 19.3 Å². The molecule has 2 rings (SSSR count). The quantitative estimate of drug-likeness (QED) is 0.659. The minimum absolute atomic E-state index is 0.0709. The first-order valence-electron chi connectivity index (χ1n) is 6.61. The molecule has 7 heteroatoms. The van der Waals surface area contributed by atoms with Crippen LogP contribution in [0.15, 0.2) is 18.2 Å². The number of carboxylic acids is 1. The van der Waals surface area contributed by atoms with Crippen LogP contribution in [0.1, 0.15) is 18.4 Å². The van der Waals surface area contributed by atoms with Crippen molar-refractivity contribution in [3.05, 3.63) is 33.9 Å². The first-order valence-corrected chi connectivity index (χ1v) is 6.61. The monoisotopic (exact) mass is 295 g/mol. The highest BCUT2D eigenvalue weighted by molar-refractivity contribution is 5.75. The average Bonchev–Trinajstić information content (AvgIpc) is 2.48. The number of hydrogen-bond acceptors (Lipinski definition) is 5. The molecule has 1 saturated heterocycles. The lowest BCUT2D eigenvalue weighted by molar-refractivity contribution is -0.384. The first-order chi connectivity index (χ1) is 9.98. The van der Waals surface area contributed by atoms with E-state index in [1.165, 1.54) is 25.3 Å². The Bertz CT molecular complexity index is 550. The van der Waals surface area contributed by atoms with E-state index in [9.17, 15) is 20.0 Å². The van der Waals surface area contributed by atoms with Gasteiger partial charge in [0.15, 0.2) is 0 Å². The molecule has 21 heavy (non-hydrogen) atoms. The molecular formula is C14H17NO6. The summed E-state index contributed by atoms with van der Waals surface area (Å²) in [7, 11) is 1.46. The summed E-state index contributed by atoms with van der Waals surface area (Å²) < 4.78 is 10.4. The van der Waals surface area contributed by atoms with Crippen molar-refractivity contribution in [1.29, 1.82) is 0 Å². The standard InChI is InChI=1S/C14H17NO6/c1-20-12-3-2-11(15(18)19)8-10(12)9-14(13(16)17)4-6-21-7-5-14/h2-3,8H,4-7,9H2,1H3,(H,16,17). The van der Waals surface area contributed by atoms with E-state index >= 15 is 0 Å². The maximum atomic E-state index is 11.7. The van der Waals surface area contributed by atoms with E-state index in [4.69, 9.17) is 9.47 Å². The zero-order valence-electron chi connectivity index (χ0n) is 11.7. The molecule has 0 unspecified atom stereocenters. The number of carbonyl (C=O) groups is 1. The van der Waals surface area contributed by atoms with Crippen LogP contribution in [-0.2, 0) is 16.0 Å². The number of nitrogens with zero attached hydrogens (tertiary/aromatic N) is 1. The molecule has 0 aliphatic carbocycles. The molecule has 0 saturated carbocycles. The predicted octanol–water partition coefficient (Wildman–Crippen LogP) is 2.03. The molecule has 0 spiro atoms. The molecule has 1 N–H and O–H groups in total. The Morgan fingerprint density at radius 3 is 2.67 bits per heavy atom. The summed E-state index contributed by atoms with van der Waals surface area (Å²) in [5.74, 6) is -0.438. The number of aliphatic carboxylic acids is 1. The number of hydrogen-bond donors (Lipinski definition) is 1. The predicted molar refractivity (Wildman–Crippen MR) is 73.5 cm³/mol. The van der Waals surface area contributed by atoms with Crippen LogP contribution in [0.3, 0.4) is 0 Å². The van der Waals surface area contributed by atoms with Crippen molar-refractivity contribution in [2.24, 2.45) is 5.41 Å². The molecule has 1 aliphatic heterocycles. The second-order valence-electron chi connectivity index (χ2n) is 5.13. The van der Waals surface area contributed by atoms with E-state index in [2.05, 4.69) is 0 Å². The summed E-state index contributed by atoms with van der Waals surface area (Å²) in [5, 5.41) is 20.4. The summed E-state index contributed by atoms with van der Waals surface area (Å²) in [6.45, 7) is 0.757. The number of nitro benzene ring substituents is 1. The molecule has 0 amide bonds. The van der Waals surface area contributed by atoms with Crippen molar-refractivity contribution < 1.29 is 24.3 Å². The van der Waals surface area contributed by atoms with E-state index in [1.807, 2.05) is 0 Å². The fourth-order valence-corrected chi connectivity index (χ4v) is 2.61. The van der Waals surface area contributed by atoms with Crippen molar-refractivity contribution in [1.82, 2.24) is 0 Å². The first kappa shape index (κ1) is 15.2. The number of non-ortho nitro benzene ring substituents is 1. The molecule has 1 aliphatic rings. The highest BCUT2D eigenvalue weighted by Gasteiger charge is 2.41. The molecular weight excluding hydrogens is 278 g/mol. The summed E-state index contributed by atoms with van der Waals surface area (Å²) in [6, 6.07) is 4.24. The van der Waals surface area contributed by atoms with Crippen molar-refractivity contribution in [3.8, 4) is 5.75 Å². The Kier molecular flexibility index (Phi) is 4.42. The Hall–Kier alpha value is -2.15. The fourth-order valence-electron chi connectivity index (χ4n) is 2.61. The van der Waals surface area contributed by atoms with Gasteiger partial charge in [-0.05, 0) is 25.3 Å². The number of rotatable bonds is 5. The highest BCUT2D eigenvalue weighted by atomic mass is 16.6. The Labute approximate surface area is 121 Å². The number of methoxy groups -OCH3 is 1. The minimum atomic E-state index is -0.958. The highest BCUT2D eigenvalue weighted by Crippen LogP contribution is 2.38. The van der Waals surface area contributed by atoms with Gasteiger partial charge in [0.25, 0.3) is 5.69 Å². The number of carboxylic acid groups (broad SMARTS) is 1. The Morgan fingerprint density at radius 2 is 2.14 bits per heavy atom. The molecule has 7 nitrogen and oxygen atoms in total. The fraction of sp³-hybridized carbons (Fsp3) is 0.500. The maximum absolute atomic E-state index is 11.7. The molecule has 0 aromatic heterocycles. The lowest BCUT2D eigenvalue weighted by Crippen LogP contribution is -2.39. The van der Waals surface area contributed by atoms with Gasteiger partial charge in [-0.1, -0.05) is 0 Å². The smallest absolute Gasteiger partial charge is 0.310 e. The van der Waals surface area contributed by atoms with Crippen molar-refractivity contribution >= 4 is 11.7 Å². The van der Waals surface area contributed by atoms with Gasteiger partial charge in [-0.3, -0.25) is 14.9 Å². The molecule has 0 bridgehead atoms. The number of nitro groups is 1. The zero-order valence-corrected chi connectivity index (χ0v) is 11.7. The topological polar surface area (TPSA) is 98.9 Å². The van der Waals surface area contributed by atoms with Crippen LogP contribution in [-0.4, -0.2) is 36.3 Å². The molecule has 1 aromatic rings. The largest absolute Gasteiger partial charge is 0.496 e. The Morgan fingerprint density at radius 1 is 1.48 bits per heavy atom. The molecule has 1 fully saturated rings. The second-order valence-corrected chi connectivity index (χ2v) is 5.13. The Balaban J connectivity index is 2.37. The van der Waals surface area contributed by atoms with Crippen LogP contribution in [0.5, 0.6) is 5.75 Å². The third-order valence-electron chi connectivity index (χ3n) is 3.91. The molecule has 114 valence electrons. The normalized spacial score (nSPS) is 17.2. The van der Waals surface area contributed by atoms with E-state index in [0.29, 0.717) is 37.4 Å². The van der Waals surface area contributed by atoms with Gasteiger partial charge in [0.2, 0.25) is 0 Å². The lowest BCUT2D eigenvalue weighted by Gasteiger charge is -2.33.